The number of hydrogen-bond donors (Lipinski definition) is 2. The second-order valence-corrected chi connectivity index (χ2v) is 5.55. The maximum absolute atomic E-state index is 12.7. The molecule has 1 unspecified atom stereocenters. The zero-order chi connectivity index (χ0) is 17.3. The molecule has 7 nitrogen and oxygen atoms in total. The Hall–Kier alpha value is -2.65. The number of carbonyl (C=O) groups excluding carboxylic acids is 1. The van der Waals surface area contributed by atoms with Gasteiger partial charge in [0.05, 0.1) is 11.1 Å². The Morgan fingerprint density at radius 3 is 2.88 bits per heavy atom. The molecule has 0 fully saturated rings. The monoisotopic (exact) mass is 341 g/mol. The highest BCUT2D eigenvalue weighted by molar-refractivity contribution is 5.94. The molecule has 0 radical (unpaired) electrons. The number of hydrogen-bond acceptors (Lipinski definition) is 4. The SMILES string of the molecule is O=C(NC1CCc2n[nH]c(=O)n2CC1)c1cncc(C(F)(F)F)c1. The lowest BCUT2D eigenvalue weighted by Crippen LogP contribution is -2.35. The van der Waals surface area contributed by atoms with Gasteiger partial charge >= 0.3 is 11.9 Å². The number of H-pyrrole nitrogens is 1. The average Bonchev–Trinajstić information content (AvgIpc) is 2.76. The topological polar surface area (TPSA) is 92.7 Å². The maximum atomic E-state index is 12.7. The zero-order valence-electron chi connectivity index (χ0n) is 12.4. The van der Waals surface area contributed by atoms with Crippen molar-refractivity contribution >= 4 is 5.91 Å². The van der Waals surface area contributed by atoms with Crippen LogP contribution in [-0.4, -0.2) is 31.7 Å². The number of fused-ring (bicyclic) bond motifs is 1. The molecule has 0 aromatic carbocycles. The van der Waals surface area contributed by atoms with Crippen molar-refractivity contribution in [2.24, 2.45) is 0 Å². The van der Waals surface area contributed by atoms with Gasteiger partial charge in [0.2, 0.25) is 0 Å². The van der Waals surface area contributed by atoms with Crippen LogP contribution in [0.15, 0.2) is 23.3 Å². The van der Waals surface area contributed by atoms with Crippen molar-refractivity contribution in [2.75, 3.05) is 0 Å². The van der Waals surface area contributed by atoms with Gasteiger partial charge in [-0.15, -0.1) is 0 Å². The van der Waals surface area contributed by atoms with E-state index < -0.39 is 17.6 Å². The summed E-state index contributed by atoms with van der Waals surface area (Å²) in [7, 11) is 0. The van der Waals surface area contributed by atoms with Crippen molar-refractivity contribution in [1.82, 2.24) is 25.1 Å². The van der Waals surface area contributed by atoms with Crippen molar-refractivity contribution in [3.8, 4) is 0 Å². The number of amides is 1. The van der Waals surface area contributed by atoms with Crippen molar-refractivity contribution in [1.29, 1.82) is 0 Å². The van der Waals surface area contributed by atoms with Crippen LogP contribution in [0.25, 0.3) is 0 Å². The van der Waals surface area contributed by atoms with Crippen LogP contribution in [0, 0.1) is 0 Å². The van der Waals surface area contributed by atoms with Crippen LogP contribution in [0.5, 0.6) is 0 Å². The lowest BCUT2D eigenvalue weighted by atomic mass is 10.1. The van der Waals surface area contributed by atoms with Crippen LogP contribution in [0.3, 0.4) is 0 Å². The van der Waals surface area contributed by atoms with Gasteiger partial charge in [-0.1, -0.05) is 0 Å². The van der Waals surface area contributed by atoms with Gasteiger partial charge in [0.25, 0.3) is 5.91 Å². The Morgan fingerprint density at radius 1 is 1.33 bits per heavy atom. The molecule has 1 amide bonds. The second-order valence-electron chi connectivity index (χ2n) is 5.55. The minimum absolute atomic E-state index is 0.148. The van der Waals surface area contributed by atoms with Crippen molar-refractivity contribution < 1.29 is 18.0 Å². The first-order valence-corrected chi connectivity index (χ1v) is 7.32. The molecule has 0 bridgehead atoms. The van der Waals surface area contributed by atoms with Crippen molar-refractivity contribution in [3.05, 3.63) is 45.9 Å². The third-order valence-corrected chi connectivity index (χ3v) is 3.92. The predicted molar refractivity (Wildman–Crippen MR) is 76.3 cm³/mol. The highest BCUT2D eigenvalue weighted by Crippen LogP contribution is 2.28. The molecule has 0 saturated heterocycles. The molecule has 10 heteroatoms. The molecule has 3 heterocycles. The summed E-state index contributed by atoms with van der Waals surface area (Å²) in [5.41, 5.74) is -1.42. The van der Waals surface area contributed by atoms with Crippen LogP contribution < -0.4 is 11.0 Å². The minimum atomic E-state index is -4.55. The molecule has 2 N–H and O–H groups in total. The van der Waals surface area contributed by atoms with Crippen LogP contribution in [0.4, 0.5) is 13.2 Å². The van der Waals surface area contributed by atoms with E-state index in [9.17, 15) is 22.8 Å². The summed E-state index contributed by atoms with van der Waals surface area (Å²) < 4.78 is 39.5. The Bertz CT molecular complexity index is 811. The van der Waals surface area contributed by atoms with Crippen LogP contribution in [-0.2, 0) is 19.1 Å². The van der Waals surface area contributed by atoms with Gasteiger partial charge in [0.1, 0.15) is 5.82 Å². The van der Waals surface area contributed by atoms with E-state index in [4.69, 9.17) is 0 Å². The normalized spacial score (nSPS) is 17.9. The third-order valence-electron chi connectivity index (χ3n) is 3.92. The van der Waals surface area contributed by atoms with E-state index in [0.29, 0.717) is 37.8 Å². The molecule has 0 spiro atoms. The molecule has 0 aliphatic carbocycles. The highest BCUT2D eigenvalue weighted by atomic mass is 19.4. The molecule has 2 aromatic heterocycles. The summed E-state index contributed by atoms with van der Waals surface area (Å²) in [5, 5.41) is 8.97. The fourth-order valence-electron chi connectivity index (χ4n) is 2.64. The standard InChI is InChI=1S/C14H14F3N5O2/c15-14(16,17)9-5-8(6-18-7-9)12(23)19-10-1-2-11-20-21-13(24)22(11)4-3-10/h5-7,10H,1-4H2,(H,19,23)(H,21,24). The number of aryl methyl sites for hydroxylation is 1. The number of alkyl halides is 3. The van der Waals surface area contributed by atoms with Crippen LogP contribution in [0.1, 0.15) is 34.6 Å². The lowest BCUT2D eigenvalue weighted by molar-refractivity contribution is -0.137. The second kappa shape index (κ2) is 6.10. The molecular formula is C14H14F3N5O2. The predicted octanol–water partition coefficient (Wildman–Crippen LogP) is 1.12. The van der Waals surface area contributed by atoms with Crippen LogP contribution >= 0.6 is 0 Å². The fraction of sp³-hybridized carbons (Fsp3) is 0.429. The quantitative estimate of drug-likeness (QED) is 0.856. The molecule has 24 heavy (non-hydrogen) atoms. The summed E-state index contributed by atoms with van der Waals surface area (Å²) in [4.78, 5) is 27.2. The van der Waals surface area contributed by atoms with E-state index in [1.165, 1.54) is 4.57 Å². The molecule has 1 aliphatic heterocycles. The van der Waals surface area contributed by atoms with E-state index in [-0.39, 0.29) is 17.3 Å². The van der Waals surface area contributed by atoms with Gasteiger partial charge in [0.15, 0.2) is 0 Å². The van der Waals surface area contributed by atoms with Gasteiger partial charge in [-0.05, 0) is 18.9 Å². The van der Waals surface area contributed by atoms with Gasteiger partial charge in [0, 0.05) is 31.4 Å². The Balaban J connectivity index is 1.69. The molecule has 1 atom stereocenters. The van der Waals surface area contributed by atoms with Crippen molar-refractivity contribution in [2.45, 2.75) is 38.0 Å². The van der Waals surface area contributed by atoms with E-state index in [0.717, 1.165) is 12.3 Å². The molecular weight excluding hydrogens is 327 g/mol. The summed E-state index contributed by atoms with van der Waals surface area (Å²) in [6, 6.07) is 0.516. The van der Waals surface area contributed by atoms with Gasteiger partial charge in [-0.3, -0.25) is 14.3 Å². The van der Waals surface area contributed by atoms with Crippen LogP contribution in [0.2, 0.25) is 0 Å². The smallest absolute Gasteiger partial charge is 0.349 e. The molecule has 1 aliphatic rings. The number of nitrogens with zero attached hydrogens (tertiary/aromatic N) is 3. The first kappa shape index (κ1) is 16.2. The average molecular weight is 341 g/mol. The van der Waals surface area contributed by atoms with E-state index in [1.807, 2.05) is 0 Å². The highest BCUT2D eigenvalue weighted by Gasteiger charge is 2.31. The Kier molecular flexibility index (Phi) is 4.12. The number of rotatable bonds is 2. The first-order chi connectivity index (χ1) is 11.3. The number of aromatic nitrogens is 4. The summed E-state index contributed by atoms with van der Waals surface area (Å²) in [6.45, 7) is 0.385. The van der Waals surface area contributed by atoms with Crippen molar-refractivity contribution in [3.63, 3.8) is 0 Å². The number of nitrogens with one attached hydrogen (secondary N) is 2. The Labute approximate surface area is 133 Å². The van der Waals surface area contributed by atoms with Gasteiger partial charge in [-0.2, -0.15) is 18.3 Å². The fourth-order valence-corrected chi connectivity index (χ4v) is 2.64. The molecule has 128 valence electrons. The maximum Gasteiger partial charge on any atom is 0.417 e. The van der Waals surface area contributed by atoms with Gasteiger partial charge in [-0.25, -0.2) is 9.89 Å². The summed E-state index contributed by atoms with van der Waals surface area (Å²) in [5.74, 6) is -0.00969. The number of halogens is 3. The summed E-state index contributed by atoms with van der Waals surface area (Å²) in [6.07, 6.45) is -1.26. The van der Waals surface area contributed by atoms with E-state index in [1.54, 1.807) is 0 Å². The molecule has 2 aromatic rings. The number of carbonyl (C=O) groups is 1. The van der Waals surface area contributed by atoms with E-state index >= 15 is 0 Å². The minimum Gasteiger partial charge on any atom is -0.349 e. The molecule has 0 saturated carbocycles. The largest absolute Gasteiger partial charge is 0.417 e. The number of pyridine rings is 1. The van der Waals surface area contributed by atoms with E-state index in [2.05, 4.69) is 20.5 Å². The van der Waals surface area contributed by atoms with Gasteiger partial charge < -0.3 is 5.32 Å². The molecule has 3 rings (SSSR count). The third kappa shape index (κ3) is 3.31. The first-order valence-electron chi connectivity index (χ1n) is 7.32. The summed E-state index contributed by atoms with van der Waals surface area (Å²) >= 11 is 0. The lowest BCUT2D eigenvalue weighted by Gasteiger charge is -2.16. The number of aromatic amines is 1. The Morgan fingerprint density at radius 2 is 2.12 bits per heavy atom. The zero-order valence-corrected chi connectivity index (χ0v) is 12.4.